The Labute approximate surface area is 229 Å². The highest BCUT2D eigenvalue weighted by Crippen LogP contribution is 2.41. The molecule has 222 valence electrons. The Kier molecular flexibility index (Phi) is 10.1. The van der Waals surface area contributed by atoms with Gasteiger partial charge in [-0.25, -0.2) is 9.18 Å². The van der Waals surface area contributed by atoms with Crippen LogP contribution in [0.4, 0.5) is 35.5 Å². The fourth-order valence-electron chi connectivity index (χ4n) is 5.12. The van der Waals surface area contributed by atoms with E-state index in [1.807, 2.05) is 0 Å². The number of aryl methyl sites for hydroxylation is 1. The molecule has 0 radical (unpaired) electrons. The Balaban J connectivity index is 1.91. The molecule has 0 bridgehead atoms. The molecule has 1 heterocycles. The highest BCUT2D eigenvalue weighted by molar-refractivity contribution is 5.76. The summed E-state index contributed by atoms with van der Waals surface area (Å²) in [5, 5.41) is 3.35. The van der Waals surface area contributed by atoms with Crippen molar-refractivity contribution >= 4 is 6.03 Å². The van der Waals surface area contributed by atoms with Crippen molar-refractivity contribution in [2.24, 2.45) is 5.92 Å². The predicted molar refractivity (Wildman–Crippen MR) is 136 cm³/mol. The number of urea groups is 1. The third-order valence-corrected chi connectivity index (χ3v) is 7.40. The lowest BCUT2D eigenvalue weighted by atomic mass is 9.90. The molecular weight excluding hydrogens is 543 g/mol. The molecule has 3 rings (SSSR count). The number of hydrogen-bond donors (Lipinski definition) is 1. The van der Waals surface area contributed by atoms with Crippen molar-refractivity contribution < 1.29 is 40.3 Å². The number of halogens is 7. The van der Waals surface area contributed by atoms with Crippen molar-refractivity contribution in [1.82, 2.24) is 15.1 Å². The van der Waals surface area contributed by atoms with E-state index in [4.69, 9.17) is 4.74 Å². The third kappa shape index (κ3) is 7.45. The number of ether oxygens (including phenoxy) is 1. The Hall–Kier alpha value is -2.86. The molecule has 5 nitrogen and oxygen atoms in total. The zero-order valence-electron chi connectivity index (χ0n) is 22.8. The molecule has 3 unspecified atom stereocenters. The molecule has 0 aromatic heterocycles. The molecule has 12 heteroatoms. The SMILES string of the molecule is COCCCNCC1CCN(C(=O)N(C)C(C)c2cc(C(F)(F)F)cc(C(F)(F)F)c2)C1c1ccc(F)cc1C. The lowest BCUT2D eigenvalue weighted by Crippen LogP contribution is -2.43. The summed E-state index contributed by atoms with van der Waals surface area (Å²) in [6.45, 7) is 5.25. The second kappa shape index (κ2) is 12.8. The van der Waals surface area contributed by atoms with Crippen LogP contribution in [0.15, 0.2) is 36.4 Å². The molecule has 2 aromatic carbocycles. The topological polar surface area (TPSA) is 44.8 Å². The van der Waals surface area contributed by atoms with Crippen LogP contribution in [0.5, 0.6) is 0 Å². The Morgan fingerprint density at radius 2 is 1.73 bits per heavy atom. The van der Waals surface area contributed by atoms with Crippen LogP contribution in [0.1, 0.15) is 59.7 Å². The number of nitrogens with zero attached hydrogens (tertiary/aromatic N) is 2. The number of carbonyl (C=O) groups excluding carboxylic acids is 1. The van der Waals surface area contributed by atoms with Gasteiger partial charge in [-0.1, -0.05) is 6.07 Å². The van der Waals surface area contributed by atoms with E-state index in [0.29, 0.717) is 50.4 Å². The highest BCUT2D eigenvalue weighted by Gasteiger charge is 2.41. The highest BCUT2D eigenvalue weighted by atomic mass is 19.4. The van der Waals surface area contributed by atoms with Crippen molar-refractivity contribution in [3.05, 3.63) is 70.0 Å². The normalized spacial score (nSPS) is 18.7. The number of hydrogen-bond acceptors (Lipinski definition) is 3. The largest absolute Gasteiger partial charge is 0.416 e. The van der Waals surface area contributed by atoms with E-state index in [1.165, 1.54) is 26.1 Å². The monoisotopic (exact) mass is 577 g/mol. The molecule has 0 spiro atoms. The van der Waals surface area contributed by atoms with Crippen LogP contribution in [0.25, 0.3) is 0 Å². The van der Waals surface area contributed by atoms with E-state index in [1.54, 1.807) is 25.0 Å². The molecular formula is C28H34F7N3O2. The number of amides is 2. The zero-order chi connectivity index (χ0) is 29.8. The van der Waals surface area contributed by atoms with Crippen LogP contribution >= 0.6 is 0 Å². The van der Waals surface area contributed by atoms with E-state index >= 15 is 0 Å². The van der Waals surface area contributed by atoms with Gasteiger partial charge in [0.15, 0.2) is 0 Å². The van der Waals surface area contributed by atoms with Crippen LogP contribution in [-0.2, 0) is 17.1 Å². The Bertz CT molecular complexity index is 1140. The van der Waals surface area contributed by atoms with Gasteiger partial charge in [0.2, 0.25) is 0 Å². The number of methoxy groups -OCH3 is 1. The summed E-state index contributed by atoms with van der Waals surface area (Å²) in [6.07, 6.45) is -8.61. The maximum Gasteiger partial charge on any atom is 0.416 e. The minimum atomic E-state index is -5.00. The van der Waals surface area contributed by atoms with Gasteiger partial charge >= 0.3 is 18.4 Å². The van der Waals surface area contributed by atoms with Crippen LogP contribution < -0.4 is 5.32 Å². The fraction of sp³-hybridized carbons (Fsp3) is 0.536. The summed E-state index contributed by atoms with van der Waals surface area (Å²) in [4.78, 5) is 16.5. The first-order valence-electron chi connectivity index (χ1n) is 12.9. The standard InChI is InChI=1S/C28H34F7N3O2/c1-17-12-23(29)6-7-24(17)25-19(16-36-9-5-11-40-4)8-10-38(25)26(39)37(3)18(2)20-13-21(27(30,31)32)15-22(14-20)28(33,34)35/h6-7,12-15,18-19,25,36H,5,8-11,16H2,1-4H3. The van der Waals surface area contributed by atoms with E-state index in [-0.39, 0.29) is 17.5 Å². The minimum Gasteiger partial charge on any atom is -0.385 e. The molecule has 0 saturated carbocycles. The molecule has 1 N–H and O–H groups in total. The number of benzene rings is 2. The Morgan fingerprint density at radius 1 is 1.10 bits per heavy atom. The zero-order valence-corrected chi connectivity index (χ0v) is 22.8. The average Bonchev–Trinajstić information content (AvgIpc) is 3.29. The van der Waals surface area contributed by atoms with Crippen molar-refractivity contribution in [3.8, 4) is 0 Å². The van der Waals surface area contributed by atoms with E-state index < -0.39 is 47.4 Å². The summed E-state index contributed by atoms with van der Waals surface area (Å²) in [5.74, 6) is -0.480. The van der Waals surface area contributed by atoms with Crippen LogP contribution in [0.2, 0.25) is 0 Å². The van der Waals surface area contributed by atoms with Gasteiger partial charge in [0, 0.05) is 33.9 Å². The molecule has 2 aromatic rings. The van der Waals surface area contributed by atoms with Crippen LogP contribution in [0, 0.1) is 18.7 Å². The lowest BCUT2D eigenvalue weighted by Gasteiger charge is -2.35. The maximum atomic E-state index is 13.9. The van der Waals surface area contributed by atoms with Crippen LogP contribution in [-0.4, -0.2) is 56.2 Å². The molecule has 3 atom stereocenters. The minimum absolute atomic E-state index is 0.0512. The average molecular weight is 578 g/mol. The van der Waals surface area contributed by atoms with Crippen LogP contribution in [0.3, 0.4) is 0 Å². The molecule has 0 aliphatic carbocycles. The summed E-state index contributed by atoms with van der Waals surface area (Å²) in [5.41, 5.74) is -1.80. The third-order valence-electron chi connectivity index (χ3n) is 7.40. The molecule has 2 amide bonds. The first-order valence-corrected chi connectivity index (χ1v) is 12.9. The van der Waals surface area contributed by atoms with Crippen molar-refractivity contribution in [3.63, 3.8) is 0 Å². The molecule has 1 saturated heterocycles. The first-order chi connectivity index (χ1) is 18.6. The van der Waals surface area contributed by atoms with Gasteiger partial charge in [-0.05, 0) is 86.2 Å². The second-order valence-corrected chi connectivity index (χ2v) is 10.1. The first kappa shape index (κ1) is 31.7. The summed E-state index contributed by atoms with van der Waals surface area (Å²) >= 11 is 0. The number of likely N-dealkylation sites (tertiary alicyclic amines) is 1. The number of carbonyl (C=O) groups is 1. The van der Waals surface area contributed by atoms with Crippen molar-refractivity contribution in [2.75, 3.05) is 40.4 Å². The van der Waals surface area contributed by atoms with Gasteiger partial charge in [-0.3, -0.25) is 0 Å². The van der Waals surface area contributed by atoms with Gasteiger partial charge in [0.05, 0.1) is 23.2 Å². The van der Waals surface area contributed by atoms with Crippen molar-refractivity contribution in [2.45, 2.75) is 51.1 Å². The van der Waals surface area contributed by atoms with Gasteiger partial charge in [-0.15, -0.1) is 0 Å². The number of alkyl halides is 6. The second-order valence-electron chi connectivity index (χ2n) is 10.1. The van der Waals surface area contributed by atoms with Gasteiger partial charge < -0.3 is 19.9 Å². The smallest absolute Gasteiger partial charge is 0.385 e. The summed E-state index contributed by atoms with van der Waals surface area (Å²) < 4.78 is 99.5. The quantitative estimate of drug-likeness (QED) is 0.259. The predicted octanol–water partition coefficient (Wildman–Crippen LogP) is 6.97. The summed E-state index contributed by atoms with van der Waals surface area (Å²) in [7, 11) is 2.96. The molecule has 40 heavy (non-hydrogen) atoms. The van der Waals surface area contributed by atoms with E-state index in [2.05, 4.69) is 5.32 Å². The van der Waals surface area contributed by atoms with Gasteiger partial charge in [-0.2, -0.15) is 26.3 Å². The van der Waals surface area contributed by atoms with E-state index in [9.17, 15) is 35.5 Å². The molecule has 1 fully saturated rings. The molecule has 1 aliphatic rings. The molecule has 1 aliphatic heterocycles. The lowest BCUT2D eigenvalue weighted by molar-refractivity contribution is -0.143. The number of nitrogens with one attached hydrogen (secondary N) is 1. The van der Waals surface area contributed by atoms with Gasteiger partial charge in [0.25, 0.3) is 0 Å². The Morgan fingerprint density at radius 3 is 2.27 bits per heavy atom. The maximum absolute atomic E-state index is 13.9. The fourth-order valence-corrected chi connectivity index (χ4v) is 5.12. The van der Waals surface area contributed by atoms with E-state index in [0.717, 1.165) is 16.9 Å². The number of rotatable bonds is 9. The van der Waals surface area contributed by atoms with Gasteiger partial charge in [0.1, 0.15) is 5.82 Å². The summed E-state index contributed by atoms with van der Waals surface area (Å²) in [6, 6.07) is 3.52. The van der Waals surface area contributed by atoms with Crippen molar-refractivity contribution in [1.29, 1.82) is 0 Å².